The van der Waals surface area contributed by atoms with Crippen molar-refractivity contribution < 1.29 is 34.6 Å². The van der Waals surface area contributed by atoms with Crippen LogP contribution in [0, 0.1) is 0 Å². The number of rotatable bonds is 0. The van der Waals surface area contributed by atoms with E-state index >= 15 is 0 Å². The van der Waals surface area contributed by atoms with Crippen LogP contribution in [0.25, 0.3) is 0 Å². The minimum atomic E-state index is -10.5. The van der Waals surface area contributed by atoms with E-state index in [9.17, 15) is 21.6 Å². The summed E-state index contributed by atoms with van der Waals surface area (Å²) in [5.74, 6) is 0. The van der Waals surface area contributed by atoms with Crippen molar-refractivity contribution in [2.45, 2.75) is 0 Å². The van der Waals surface area contributed by atoms with Crippen molar-refractivity contribution in [3.63, 3.8) is 0 Å². The monoisotopic (exact) mass is 212 g/mol. The molecule has 0 spiro atoms. The van der Waals surface area contributed by atoms with Gasteiger partial charge in [-0.1, -0.05) is 0 Å². The maximum atomic E-state index is 9.85. The van der Waals surface area contributed by atoms with Gasteiger partial charge in [0.05, 0.1) is 0 Å². The van der Waals surface area contributed by atoms with Crippen LogP contribution in [0.3, 0.4) is 0 Å². The van der Waals surface area contributed by atoms with Gasteiger partial charge in [-0.15, -0.1) is 0 Å². The molecule has 0 saturated heterocycles. The van der Waals surface area contributed by atoms with Gasteiger partial charge in [0.15, 0.2) is 0 Å². The van der Waals surface area contributed by atoms with E-state index < -0.39 is 13.0 Å². The topological polar surface area (TPSA) is 0 Å². The molecule has 54 valence electrons. The van der Waals surface area contributed by atoms with Gasteiger partial charge in [-0.2, -0.15) is 0 Å². The first-order chi connectivity index (χ1) is 2.45. The zero-order valence-corrected chi connectivity index (χ0v) is 3.57. The molecule has 0 aromatic carbocycles. The number of halogens is 6. The molecule has 0 nitrogen and oxygen atoms in total. The summed E-state index contributed by atoms with van der Waals surface area (Å²) in [5.41, 5.74) is 0. The Morgan fingerprint density at radius 1 is 0.625 bits per heavy atom. The Labute approximate surface area is 84.6 Å². The Kier molecular flexibility index (Phi) is 2.87. The molecule has 0 aliphatic heterocycles. The Morgan fingerprint density at radius 2 is 0.625 bits per heavy atom. The van der Waals surface area contributed by atoms with Crippen molar-refractivity contribution in [2.75, 3.05) is 0 Å². The van der Waals surface area contributed by atoms with Crippen molar-refractivity contribution >= 4 is 51.4 Å². The van der Waals surface area contributed by atoms with Crippen LogP contribution in [-0.2, 0) is 13.0 Å². The molecule has 0 unspecified atom stereocenters. The average Bonchev–Trinajstić information content (AvgIpc) is 0.592. The fraction of sp³-hybridized carbons (Fsp3) is 0. The normalized spacial score (nSPS) is 20.2. The molecular formula is HF6KNi. The van der Waals surface area contributed by atoms with Crippen molar-refractivity contribution in [3.8, 4) is 0 Å². The van der Waals surface area contributed by atoms with Gasteiger partial charge < -0.3 is 0 Å². The molecular weight excluding hydrogens is 212 g/mol. The first kappa shape index (κ1) is 12.4. The Bertz CT molecular complexity index is 67.1. The Hall–Kier alpha value is 1.71. The van der Waals surface area contributed by atoms with Gasteiger partial charge in [-0.3, -0.25) is 0 Å². The second-order valence-electron chi connectivity index (χ2n) is 0.678. The fourth-order valence-corrected chi connectivity index (χ4v) is 0. The summed E-state index contributed by atoms with van der Waals surface area (Å²) >= 11 is -10.5. The second kappa shape index (κ2) is 1.85. The summed E-state index contributed by atoms with van der Waals surface area (Å²) < 4.78 is 59.1. The summed E-state index contributed by atoms with van der Waals surface area (Å²) in [5, 5.41) is 0. The van der Waals surface area contributed by atoms with Gasteiger partial charge in [-0.25, -0.2) is 0 Å². The molecule has 0 amide bonds. The molecule has 8 heteroatoms. The number of hydrogen-bond donors (Lipinski definition) is 0. The van der Waals surface area contributed by atoms with Crippen LogP contribution in [0.15, 0.2) is 0 Å². The molecule has 0 radical (unpaired) electrons. The molecule has 0 aliphatic rings. The molecule has 0 bridgehead atoms. The van der Waals surface area contributed by atoms with Crippen molar-refractivity contribution in [3.05, 3.63) is 0 Å². The third kappa shape index (κ3) is 119. The van der Waals surface area contributed by atoms with E-state index in [0.29, 0.717) is 0 Å². The van der Waals surface area contributed by atoms with E-state index in [-0.39, 0.29) is 51.4 Å². The molecule has 0 aromatic rings. The van der Waals surface area contributed by atoms with E-state index in [4.69, 9.17) is 0 Å². The van der Waals surface area contributed by atoms with Gasteiger partial charge in [0, 0.05) is 0 Å². The maximum absolute atomic E-state index is 10.5. The van der Waals surface area contributed by atoms with Gasteiger partial charge >= 0.3 is 86.0 Å². The first-order valence-electron chi connectivity index (χ1n) is 0.717. The van der Waals surface area contributed by atoms with E-state index in [1.807, 2.05) is 0 Å². The fourth-order valence-electron chi connectivity index (χ4n) is 0. The van der Waals surface area contributed by atoms with Gasteiger partial charge in [-0.05, 0) is 0 Å². The predicted molar refractivity (Wildman–Crippen MR) is 13.8 cm³/mol. The van der Waals surface area contributed by atoms with E-state index in [0.717, 1.165) is 0 Å². The molecule has 0 aromatic heterocycles. The van der Waals surface area contributed by atoms with Crippen LogP contribution in [0.2, 0.25) is 0 Å². The number of hydrogen-bond acceptors (Lipinski definition) is 0. The van der Waals surface area contributed by atoms with Crippen LogP contribution in [0.1, 0.15) is 0 Å². The van der Waals surface area contributed by atoms with Crippen molar-refractivity contribution in [1.82, 2.24) is 0 Å². The molecule has 0 atom stereocenters. The quantitative estimate of drug-likeness (QED) is 0.425. The Balaban J connectivity index is 0. The summed E-state index contributed by atoms with van der Waals surface area (Å²) in [6.07, 6.45) is 0. The van der Waals surface area contributed by atoms with Crippen LogP contribution in [0.5, 0.6) is 0 Å². The third-order valence-electron chi connectivity index (χ3n) is 0. The van der Waals surface area contributed by atoms with Crippen LogP contribution in [-0.4, -0.2) is 51.4 Å². The second-order valence-corrected chi connectivity index (χ2v) is 2.79. The zero-order valence-electron chi connectivity index (χ0n) is 2.58. The summed E-state index contributed by atoms with van der Waals surface area (Å²) in [6, 6.07) is 0. The van der Waals surface area contributed by atoms with Crippen LogP contribution in [0.4, 0.5) is 21.6 Å². The van der Waals surface area contributed by atoms with Crippen LogP contribution < -0.4 is 0 Å². The molecule has 0 fully saturated rings. The van der Waals surface area contributed by atoms with Crippen molar-refractivity contribution in [2.24, 2.45) is 0 Å². The van der Waals surface area contributed by atoms with Gasteiger partial charge in [0.2, 0.25) is 0 Å². The molecule has 8 heavy (non-hydrogen) atoms. The van der Waals surface area contributed by atoms with Gasteiger partial charge in [0.25, 0.3) is 0 Å². The first-order valence-corrected chi connectivity index (χ1v) is 2.96. The van der Waals surface area contributed by atoms with Gasteiger partial charge in [0.1, 0.15) is 0 Å². The zero-order chi connectivity index (χ0) is 6.41. The molecule has 0 rings (SSSR count). The summed E-state index contributed by atoms with van der Waals surface area (Å²) in [7, 11) is 0. The summed E-state index contributed by atoms with van der Waals surface area (Å²) in [4.78, 5) is 0. The standard InChI is InChI=1S/6FH.K.Ni.H/h6*1H;;;/q;;;;;;;+6;/p-6. The molecule has 0 saturated carbocycles. The van der Waals surface area contributed by atoms with Crippen LogP contribution >= 0.6 is 0 Å². The van der Waals surface area contributed by atoms with E-state index in [1.165, 1.54) is 0 Å². The summed E-state index contributed by atoms with van der Waals surface area (Å²) in [6.45, 7) is 0. The predicted octanol–water partition coefficient (Wildman–Crippen LogP) is 1.87. The Morgan fingerprint density at radius 3 is 0.625 bits per heavy atom. The minimum absolute atomic E-state index is 0. The molecule has 0 aliphatic carbocycles. The van der Waals surface area contributed by atoms with Crippen molar-refractivity contribution in [1.29, 1.82) is 0 Å². The third-order valence-corrected chi connectivity index (χ3v) is 0. The molecule has 0 N–H and O–H groups in total. The van der Waals surface area contributed by atoms with E-state index in [2.05, 4.69) is 0 Å². The molecule has 0 heterocycles. The average molecular weight is 213 g/mol. The van der Waals surface area contributed by atoms with E-state index in [1.54, 1.807) is 0 Å². The SMILES string of the molecule is [F][Ni]([F])([F])([F])([F])[F].[KH].